The number of methoxy groups -OCH3 is 1. The predicted molar refractivity (Wildman–Crippen MR) is 116 cm³/mol. The van der Waals surface area contributed by atoms with Gasteiger partial charge in [0.25, 0.3) is 0 Å². The molecule has 1 saturated heterocycles. The van der Waals surface area contributed by atoms with Gasteiger partial charge in [-0.2, -0.15) is 0 Å². The van der Waals surface area contributed by atoms with Gasteiger partial charge in [-0.1, -0.05) is 17.7 Å². The van der Waals surface area contributed by atoms with Crippen molar-refractivity contribution in [2.24, 2.45) is 4.99 Å². The van der Waals surface area contributed by atoms with Crippen LogP contribution in [0.3, 0.4) is 0 Å². The molecule has 2 aliphatic heterocycles. The molecule has 1 fully saturated rings. The number of amides is 1. The monoisotopic (exact) mass is 462 g/mol. The molecule has 1 aromatic heterocycles. The third-order valence-electron chi connectivity index (χ3n) is 5.28. The molecule has 4 rings (SSSR count). The number of amidine groups is 1. The lowest BCUT2D eigenvalue weighted by molar-refractivity contribution is -0.114. The second kappa shape index (κ2) is 8.76. The normalized spacial score (nSPS) is 20.4. The molecule has 0 unspecified atom stereocenters. The summed E-state index contributed by atoms with van der Waals surface area (Å²) in [6.45, 7) is 1.93. The summed E-state index contributed by atoms with van der Waals surface area (Å²) in [7, 11) is 1.31. The first-order valence-corrected chi connectivity index (χ1v) is 10.9. The maximum absolute atomic E-state index is 13.7. The first-order chi connectivity index (χ1) is 14.9. The van der Waals surface area contributed by atoms with Crippen molar-refractivity contribution in [3.63, 3.8) is 0 Å². The second-order valence-electron chi connectivity index (χ2n) is 7.28. The van der Waals surface area contributed by atoms with Crippen molar-refractivity contribution in [1.82, 2.24) is 15.2 Å². The zero-order valence-electron chi connectivity index (χ0n) is 16.9. The van der Waals surface area contributed by atoms with E-state index < -0.39 is 18.0 Å². The van der Waals surface area contributed by atoms with E-state index in [9.17, 15) is 14.0 Å². The van der Waals surface area contributed by atoms with Crippen molar-refractivity contribution >= 4 is 40.6 Å². The molecule has 1 aromatic carbocycles. The Balaban J connectivity index is 1.80. The fourth-order valence-corrected chi connectivity index (χ4v) is 4.86. The number of fused-ring (bicyclic) bond motifs is 1. The van der Waals surface area contributed by atoms with Gasteiger partial charge in [0.15, 0.2) is 5.78 Å². The number of Topliss-reactive ketones (excluding diaryl/α,β-unsaturated/α-hetero) is 1. The van der Waals surface area contributed by atoms with E-state index in [1.807, 2.05) is 10.3 Å². The Morgan fingerprint density at radius 2 is 2.23 bits per heavy atom. The first kappa shape index (κ1) is 21.5. The maximum atomic E-state index is 13.7. The minimum atomic E-state index is -0.663. The maximum Gasteiger partial charge on any atom is 0.407 e. The Morgan fingerprint density at radius 1 is 1.42 bits per heavy atom. The van der Waals surface area contributed by atoms with Crippen molar-refractivity contribution in [3.8, 4) is 0 Å². The largest absolute Gasteiger partial charge is 0.453 e. The van der Waals surface area contributed by atoms with Crippen LogP contribution in [0.25, 0.3) is 0 Å². The van der Waals surface area contributed by atoms with Crippen LogP contribution in [0.5, 0.6) is 0 Å². The number of ether oxygens (including phenoxy) is 1. The number of alkyl carbamates (subject to hydrolysis) is 1. The van der Waals surface area contributed by atoms with Crippen molar-refractivity contribution in [1.29, 1.82) is 0 Å². The molecule has 0 spiro atoms. The molecule has 1 N–H and O–H groups in total. The van der Waals surface area contributed by atoms with Gasteiger partial charge in [0.05, 0.1) is 24.6 Å². The highest BCUT2D eigenvalue weighted by atomic mass is 35.5. The van der Waals surface area contributed by atoms with Crippen molar-refractivity contribution in [2.45, 2.75) is 31.8 Å². The molecule has 7 nitrogen and oxygen atoms in total. The van der Waals surface area contributed by atoms with Gasteiger partial charge in [0.2, 0.25) is 0 Å². The van der Waals surface area contributed by atoms with E-state index >= 15 is 0 Å². The predicted octanol–water partition coefficient (Wildman–Crippen LogP) is 3.90. The average molecular weight is 463 g/mol. The Bertz CT molecular complexity index is 1090. The summed E-state index contributed by atoms with van der Waals surface area (Å²) >= 11 is 7.85. The number of benzene rings is 1. The summed E-state index contributed by atoms with van der Waals surface area (Å²) < 4.78 is 18.4. The highest BCUT2D eigenvalue weighted by Crippen LogP contribution is 2.41. The van der Waals surface area contributed by atoms with Crippen LogP contribution in [0, 0.1) is 5.82 Å². The molecule has 3 heterocycles. The standard InChI is InChI=1S/C21H20ClFN4O3S/c1-11(28)19-16-8-13(25-21(29)30-2)10-27(16)17(9-18-24-5-6-31-18)26-20(19)14-4-3-12(23)7-15(14)22/h3-7,13,20H,8-10H2,1-2H3,(H,25,29)/t13-,20-/m0/s1. The number of nitrogens with zero attached hydrogens (tertiary/aromatic N) is 3. The lowest BCUT2D eigenvalue weighted by atomic mass is 9.92. The number of aliphatic imine (C=N–C) groups is 1. The number of carbonyl (C=O) groups excluding carboxylic acids is 2. The topological polar surface area (TPSA) is 83.9 Å². The van der Waals surface area contributed by atoms with Crippen LogP contribution in [0.2, 0.25) is 5.02 Å². The Labute approximate surface area is 187 Å². The number of nitrogens with one attached hydrogen (secondary N) is 1. The number of halogens is 2. The molecule has 0 saturated carbocycles. The lowest BCUT2D eigenvalue weighted by Crippen LogP contribution is -2.40. The fraction of sp³-hybridized carbons (Fsp3) is 0.333. The van der Waals surface area contributed by atoms with Gasteiger partial charge < -0.3 is 15.0 Å². The van der Waals surface area contributed by atoms with Gasteiger partial charge in [-0.05, 0) is 19.1 Å². The second-order valence-corrected chi connectivity index (χ2v) is 8.67. The van der Waals surface area contributed by atoms with Crippen LogP contribution in [-0.4, -0.2) is 47.3 Å². The molecule has 162 valence electrons. The van der Waals surface area contributed by atoms with Gasteiger partial charge in [-0.3, -0.25) is 9.79 Å². The quantitative estimate of drug-likeness (QED) is 0.728. The smallest absolute Gasteiger partial charge is 0.407 e. The molecule has 31 heavy (non-hydrogen) atoms. The molecule has 10 heteroatoms. The zero-order chi connectivity index (χ0) is 22.1. The highest BCUT2D eigenvalue weighted by Gasteiger charge is 2.40. The van der Waals surface area contributed by atoms with Gasteiger partial charge in [0, 0.05) is 46.4 Å². The van der Waals surface area contributed by atoms with Crippen LogP contribution in [-0.2, 0) is 16.0 Å². The summed E-state index contributed by atoms with van der Waals surface area (Å²) in [5, 5.41) is 5.77. The minimum absolute atomic E-state index is 0.152. The molecular formula is C21H20ClFN4O3S. The third-order valence-corrected chi connectivity index (χ3v) is 6.39. The van der Waals surface area contributed by atoms with Crippen molar-refractivity contribution in [3.05, 3.63) is 62.5 Å². The third kappa shape index (κ3) is 4.33. The van der Waals surface area contributed by atoms with Crippen LogP contribution in [0.15, 0.2) is 46.0 Å². The summed E-state index contributed by atoms with van der Waals surface area (Å²) in [6, 6.07) is 3.18. The first-order valence-electron chi connectivity index (χ1n) is 9.63. The van der Waals surface area contributed by atoms with Crippen LogP contribution >= 0.6 is 22.9 Å². The Morgan fingerprint density at radius 3 is 2.87 bits per heavy atom. The number of thiazole rings is 1. The Hall–Kier alpha value is -2.78. The summed E-state index contributed by atoms with van der Waals surface area (Å²) in [4.78, 5) is 35.7. The van der Waals surface area contributed by atoms with E-state index in [2.05, 4.69) is 10.3 Å². The van der Waals surface area contributed by atoms with Crippen LogP contribution in [0.1, 0.15) is 30.0 Å². The number of ketones is 1. The highest BCUT2D eigenvalue weighted by molar-refractivity contribution is 7.09. The van der Waals surface area contributed by atoms with Gasteiger partial charge in [0.1, 0.15) is 17.7 Å². The van der Waals surface area contributed by atoms with Gasteiger partial charge in [-0.25, -0.2) is 14.2 Å². The van der Waals surface area contributed by atoms with E-state index in [0.29, 0.717) is 30.5 Å². The summed E-state index contributed by atoms with van der Waals surface area (Å²) in [5.74, 6) is 0.106. The van der Waals surface area contributed by atoms with Crippen molar-refractivity contribution in [2.75, 3.05) is 13.7 Å². The summed E-state index contributed by atoms with van der Waals surface area (Å²) in [5.41, 5.74) is 1.83. The molecular weight excluding hydrogens is 443 g/mol. The molecule has 0 bridgehead atoms. The minimum Gasteiger partial charge on any atom is -0.453 e. The molecule has 1 amide bonds. The summed E-state index contributed by atoms with van der Waals surface area (Å²) in [6.07, 6.45) is 2.09. The van der Waals surface area contributed by atoms with E-state index in [1.54, 1.807) is 12.3 Å². The lowest BCUT2D eigenvalue weighted by Gasteiger charge is -2.32. The van der Waals surface area contributed by atoms with E-state index in [1.165, 1.54) is 37.5 Å². The number of hydrogen-bond donors (Lipinski definition) is 1. The zero-order valence-corrected chi connectivity index (χ0v) is 18.5. The van der Waals surface area contributed by atoms with Gasteiger partial charge in [-0.15, -0.1) is 11.3 Å². The van der Waals surface area contributed by atoms with E-state index in [4.69, 9.17) is 21.3 Å². The Kier molecular flexibility index (Phi) is 6.06. The SMILES string of the molecule is COC(=O)N[C@H]1CC2=C(C(C)=O)[C@H](c3ccc(F)cc3Cl)N=C(Cc3nccs3)N2C1. The molecule has 2 aliphatic rings. The van der Waals surface area contributed by atoms with Crippen LogP contribution < -0.4 is 5.32 Å². The number of aromatic nitrogens is 1. The van der Waals surface area contributed by atoms with Crippen molar-refractivity contribution < 1.29 is 18.7 Å². The molecule has 2 atom stereocenters. The molecule has 0 radical (unpaired) electrons. The van der Waals surface area contributed by atoms with Crippen LogP contribution in [0.4, 0.5) is 9.18 Å². The molecule has 0 aliphatic carbocycles. The fourth-order valence-electron chi connectivity index (χ4n) is 3.98. The number of rotatable bonds is 5. The van der Waals surface area contributed by atoms with E-state index in [-0.39, 0.29) is 16.8 Å². The number of hydrogen-bond acceptors (Lipinski definition) is 7. The number of carbonyl (C=O) groups is 2. The molecule has 2 aromatic rings. The van der Waals surface area contributed by atoms with Gasteiger partial charge >= 0.3 is 6.09 Å². The average Bonchev–Trinajstić information content (AvgIpc) is 3.37. The van der Waals surface area contributed by atoms with E-state index in [0.717, 1.165) is 16.5 Å².